The van der Waals surface area contributed by atoms with Crippen molar-refractivity contribution in [2.45, 2.75) is 38.7 Å². The highest BCUT2D eigenvalue weighted by Gasteiger charge is 2.26. The standard InChI is InChI=1S/C15H17F2N3/c16-15(17)14-11-6-2-4-8-13(11)20(19-14)12-7-3-1-5-10(12)9-18/h1,3,5,7,15H,2,4,6,8-9,18H2. The van der Waals surface area contributed by atoms with Crippen molar-refractivity contribution < 1.29 is 8.78 Å². The van der Waals surface area contributed by atoms with Gasteiger partial charge in [-0.25, -0.2) is 13.5 Å². The molecule has 2 aromatic rings. The molecule has 0 aliphatic heterocycles. The fourth-order valence-electron chi connectivity index (χ4n) is 2.89. The van der Waals surface area contributed by atoms with Gasteiger partial charge in [0.1, 0.15) is 5.69 Å². The molecule has 5 heteroatoms. The summed E-state index contributed by atoms with van der Waals surface area (Å²) in [5.74, 6) is 0. The van der Waals surface area contributed by atoms with E-state index in [1.54, 1.807) is 4.68 Å². The molecule has 0 radical (unpaired) electrons. The fourth-order valence-corrected chi connectivity index (χ4v) is 2.89. The lowest BCUT2D eigenvalue weighted by molar-refractivity contribution is 0.144. The van der Waals surface area contributed by atoms with E-state index in [1.165, 1.54) is 0 Å². The van der Waals surface area contributed by atoms with E-state index in [0.717, 1.165) is 41.8 Å². The molecule has 2 N–H and O–H groups in total. The third kappa shape index (κ3) is 2.12. The molecule has 1 aromatic heterocycles. The predicted molar refractivity (Wildman–Crippen MR) is 73.1 cm³/mol. The van der Waals surface area contributed by atoms with Crippen LogP contribution in [0.3, 0.4) is 0 Å². The zero-order valence-corrected chi connectivity index (χ0v) is 11.1. The minimum Gasteiger partial charge on any atom is -0.326 e. The van der Waals surface area contributed by atoms with E-state index >= 15 is 0 Å². The third-order valence-electron chi connectivity index (χ3n) is 3.86. The molecule has 0 bridgehead atoms. The Morgan fingerprint density at radius 2 is 1.95 bits per heavy atom. The molecule has 0 unspecified atom stereocenters. The maximum absolute atomic E-state index is 13.2. The summed E-state index contributed by atoms with van der Waals surface area (Å²) in [4.78, 5) is 0. The normalized spacial score (nSPS) is 14.6. The Bertz CT molecular complexity index is 620. The van der Waals surface area contributed by atoms with Crippen LogP contribution in [0.2, 0.25) is 0 Å². The highest BCUT2D eigenvalue weighted by molar-refractivity contribution is 5.44. The van der Waals surface area contributed by atoms with Crippen molar-refractivity contribution in [1.82, 2.24) is 9.78 Å². The number of halogens is 2. The smallest absolute Gasteiger partial charge is 0.282 e. The maximum Gasteiger partial charge on any atom is 0.282 e. The molecule has 0 saturated heterocycles. The van der Waals surface area contributed by atoms with Gasteiger partial charge in [-0.05, 0) is 37.3 Å². The highest BCUT2D eigenvalue weighted by atomic mass is 19.3. The Kier molecular flexibility index (Phi) is 3.53. The molecule has 1 aromatic carbocycles. The van der Waals surface area contributed by atoms with E-state index in [-0.39, 0.29) is 5.69 Å². The number of benzene rings is 1. The number of alkyl halides is 2. The first-order valence-corrected chi connectivity index (χ1v) is 6.89. The van der Waals surface area contributed by atoms with Crippen molar-refractivity contribution in [2.75, 3.05) is 0 Å². The second-order valence-corrected chi connectivity index (χ2v) is 5.06. The molecular weight excluding hydrogens is 260 g/mol. The van der Waals surface area contributed by atoms with Crippen molar-refractivity contribution in [1.29, 1.82) is 0 Å². The van der Waals surface area contributed by atoms with Crippen LogP contribution in [0.4, 0.5) is 8.78 Å². The van der Waals surface area contributed by atoms with E-state index in [9.17, 15) is 8.78 Å². The molecule has 0 saturated carbocycles. The van der Waals surface area contributed by atoms with Crippen LogP contribution in [0.1, 0.15) is 41.8 Å². The molecule has 1 heterocycles. The average Bonchev–Trinajstić information content (AvgIpc) is 2.87. The molecule has 20 heavy (non-hydrogen) atoms. The molecule has 1 aliphatic carbocycles. The van der Waals surface area contributed by atoms with E-state index in [1.807, 2.05) is 24.3 Å². The lowest BCUT2D eigenvalue weighted by Crippen LogP contribution is -2.11. The summed E-state index contributed by atoms with van der Waals surface area (Å²) in [6, 6.07) is 7.58. The van der Waals surface area contributed by atoms with Crippen LogP contribution >= 0.6 is 0 Å². The first kappa shape index (κ1) is 13.2. The Morgan fingerprint density at radius 1 is 1.20 bits per heavy atom. The first-order valence-electron chi connectivity index (χ1n) is 6.89. The van der Waals surface area contributed by atoms with Crippen LogP contribution in [-0.2, 0) is 19.4 Å². The number of para-hydroxylation sites is 1. The molecule has 0 atom stereocenters. The number of nitrogens with zero attached hydrogens (tertiary/aromatic N) is 2. The van der Waals surface area contributed by atoms with Gasteiger partial charge in [0, 0.05) is 17.8 Å². The lowest BCUT2D eigenvalue weighted by Gasteiger charge is -2.15. The number of aromatic nitrogens is 2. The van der Waals surface area contributed by atoms with Gasteiger partial charge in [-0.3, -0.25) is 0 Å². The molecule has 0 spiro atoms. The third-order valence-corrected chi connectivity index (χ3v) is 3.86. The molecule has 1 aliphatic rings. The number of fused-ring (bicyclic) bond motifs is 1. The van der Waals surface area contributed by atoms with Crippen LogP contribution in [0.15, 0.2) is 24.3 Å². The van der Waals surface area contributed by atoms with Gasteiger partial charge < -0.3 is 5.73 Å². The summed E-state index contributed by atoms with van der Waals surface area (Å²) >= 11 is 0. The van der Waals surface area contributed by atoms with Crippen molar-refractivity contribution in [3.05, 3.63) is 46.8 Å². The van der Waals surface area contributed by atoms with E-state index < -0.39 is 6.43 Å². The number of hydrogen-bond donors (Lipinski definition) is 1. The van der Waals surface area contributed by atoms with Crippen LogP contribution in [0.25, 0.3) is 5.69 Å². The summed E-state index contributed by atoms with van der Waals surface area (Å²) in [6.07, 6.45) is 0.949. The lowest BCUT2D eigenvalue weighted by atomic mass is 9.95. The minimum atomic E-state index is -2.52. The topological polar surface area (TPSA) is 43.8 Å². The van der Waals surface area contributed by atoms with Gasteiger partial charge in [0.2, 0.25) is 0 Å². The Hall–Kier alpha value is -1.75. The molecule has 3 rings (SSSR count). The predicted octanol–water partition coefficient (Wildman–Crippen LogP) is 3.15. The van der Waals surface area contributed by atoms with Crippen LogP contribution in [0, 0.1) is 0 Å². The average molecular weight is 277 g/mol. The molecular formula is C15H17F2N3. The van der Waals surface area contributed by atoms with Crippen LogP contribution < -0.4 is 5.73 Å². The summed E-state index contributed by atoms with van der Waals surface area (Å²) in [5.41, 5.74) is 9.08. The fraction of sp³-hybridized carbons (Fsp3) is 0.400. The zero-order valence-electron chi connectivity index (χ0n) is 11.1. The van der Waals surface area contributed by atoms with E-state index in [2.05, 4.69) is 5.10 Å². The van der Waals surface area contributed by atoms with Crippen molar-refractivity contribution in [3.8, 4) is 5.69 Å². The van der Waals surface area contributed by atoms with E-state index in [0.29, 0.717) is 13.0 Å². The Labute approximate surface area is 116 Å². The summed E-state index contributed by atoms with van der Waals surface area (Å²) in [6.45, 7) is 0.370. The molecule has 106 valence electrons. The largest absolute Gasteiger partial charge is 0.326 e. The number of rotatable bonds is 3. The van der Waals surface area contributed by atoms with Gasteiger partial charge in [-0.2, -0.15) is 5.10 Å². The number of nitrogens with two attached hydrogens (primary N) is 1. The second kappa shape index (κ2) is 5.32. The van der Waals surface area contributed by atoms with Crippen molar-refractivity contribution in [3.63, 3.8) is 0 Å². The van der Waals surface area contributed by atoms with Gasteiger partial charge in [0.05, 0.1) is 5.69 Å². The Morgan fingerprint density at radius 3 is 2.70 bits per heavy atom. The first-order chi connectivity index (χ1) is 9.72. The van der Waals surface area contributed by atoms with Gasteiger partial charge in [-0.15, -0.1) is 0 Å². The van der Waals surface area contributed by atoms with Crippen LogP contribution in [0.5, 0.6) is 0 Å². The Balaban J connectivity index is 2.19. The van der Waals surface area contributed by atoms with Gasteiger partial charge in [-0.1, -0.05) is 18.2 Å². The van der Waals surface area contributed by atoms with Crippen LogP contribution in [-0.4, -0.2) is 9.78 Å². The summed E-state index contributed by atoms with van der Waals surface area (Å²) < 4.78 is 28.0. The second-order valence-electron chi connectivity index (χ2n) is 5.06. The minimum absolute atomic E-state index is 0.0634. The molecule has 0 amide bonds. The summed E-state index contributed by atoms with van der Waals surface area (Å²) in [5, 5.41) is 4.18. The van der Waals surface area contributed by atoms with Gasteiger partial charge in [0.25, 0.3) is 6.43 Å². The molecule has 3 nitrogen and oxygen atoms in total. The summed E-state index contributed by atoms with van der Waals surface area (Å²) in [7, 11) is 0. The van der Waals surface area contributed by atoms with Gasteiger partial charge in [0.15, 0.2) is 0 Å². The van der Waals surface area contributed by atoms with E-state index in [4.69, 9.17) is 5.73 Å². The number of hydrogen-bond acceptors (Lipinski definition) is 2. The molecule has 0 fully saturated rings. The van der Waals surface area contributed by atoms with Gasteiger partial charge >= 0.3 is 0 Å². The quantitative estimate of drug-likeness (QED) is 0.936. The van der Waals surface area contributed by atoms with Crippen molar-refractivity contribution in [2.24, 2.45) is 5.73 Å². The monoisotopic (exact) mass is 277 g/mol. The highest BCUT2D eigenvalue weighted by Crippen LogP contribution is 2.32. The maximum atomic E-state index is 13.2. The van der Waals surface area contributed by atoms with Crippen molar-refractivity contribution >= 4 is 0 Å². The SMILES string of the molecule is NCc1ccccc1-n1nc(C(F)F)c2c1CCCC2. The zero-order chi connectivity index (χ0) is 14.1.